The van der Waals surface area contributed by atoms with Crippen molar-refractivity contribution in [2.75, 3.05) is 40.9 Å². The first-order valence-electron chi connectivity index (χ1n) is 27.4. The molecule has 0 spiro atoms. The molecule has 1 amide bonds. The zero-order valence-electron chi connectivity index (χ0n) is 45.4. The average Bonchev–Trinajstić information content (AvgIpc) is 3.33. The van der Waals surface area contributed by atoms with Crippen molar-refractivity contribution in [1.29, 1.82) is 0 Å². The largest absolute Gasteiger partial charge is 0.472 e. The van der Waals surface area contributed by atoms with Gasteiger partial charge in [0, 0.05) is 6.42 Å². The number of carbonyl (C=O) groups excluding carboxylic acids is 1. The van der Waals surface area contributed by atoms with Gasteiger partial charge in [0.05, 0.1) is 39.9 Å². The molecule has 0 aliphatic carbocycles. The molecule has 0 aromatic heterocycles. The van der Waals surface area contributed by atoms with Gasteiger partial charge >= 0.3 is 7.82 Å². The maximum Gasteiger partial charge on any atom is 0.472 e. The molecular formula is C62H102N2O6P+. The zero-order valence-corrected chi connectivity index (χ0v) is 46.3. The fourth-order valence-electron chi connectivity index (χ4n) is 6.69. The number of likely N-dealkylation sites (N-methyl/N-ethyl adjacent to an activating group) is 1. The fraction of sp³-hybridized carbons (Fsp3) is 0.565. The molecule has 400 valence electrons. The molecule has 3 unspecified atom stereocenters. The van der Waals surface area contributed by atoms with E-state index < -0.39 is 20.0 Å². The topological polar surface area (TPSA) is 105 Å². The summed E-state index contributed by atoms with van der Waals surface area (Å²) in [6.07, 6.45) is 80.9. The lowest BCUT2D eigenvalue weighted by Gasteiger charge is -2.25. The predicted octanol–water partition coefficient (Wildman–Crippen LogP) is 16.7. The number of carbonyl (C=O) groups is 1. The quantitative estimate of drug-likeness (QED) is 0.0243. The van der Waals surface area contributed by atoms with Crippen LogP contribution in [0.5, 0.6) is 0 Å². The van der Waals surface area contributed by atoms with Gasteiger partial charge in [-0.15, -0.1) is 0 Å². The van der Waals surface area contributed by atoms with E-state index >= 15 is 0 Å². The lowest BCUT2D eigenvalue weighted by molar-refractivity contribution is -0.870. The van der Waals surface area contributed by atoms with Crippen LogP contribution in [0.4, 0.5) is 0 Å². The number of aliphatic hydroxyl groups excluding tert-OH is 1. The number of aliphatic hydroxyl groups is 1. The van der Waals surface area contributed by atoms with Gasteiger partial charge in [-0.1, -0.05) is 217 Å². The minimum Gasteiger partial charge on any atom is -0.387 e. The van der Waals surface area contributed by atoms with Crippen molar-refractivity contribution < 1.29 is 32.9 Å². The van der Waals surface area contributed by atoms with Crippen molar-refractivity contribution >= 4 is 13.7 Å². The normalized spacial score (nSPS) is 15.2. The molecule has 3 N–H and O–H groups in total. The van der Waals surface area contributed by atoms with Crippen LogP contribution < -0.4 is 5.32 Å². The summed E-state index contributed by atoms with van der Waals surface area (Å²) < 4.78 is 23.5. The molecule has 0 aliphatic rings. The van der Waals surface area contributed by atoms with Crippen LogP contribution in [0.1, 0.15) is 174 Å². The van der Waals surface area contributed by atoms with E-state index in [0.717, 1.165) is 128 Å². The Labute approximate surface area is 435 Å². The van der Waals surface area contributed by atoms with Gasteiger partial charge in [-0.3, -0.25) is 13.8 Å². The molecule has 71 heavy (non-hydrogen) atoms. The van der Waals surface area contributed by atoms with Crippen LogP contribution in [0.25, 0.3) is 0 Å². The fourth-order valence-corrected chi connectivity index (χ4v) is 7.43. The van der Waals surface area contributed by atoms with Crippen LogP contribution in [0.2, 0.25) is 0 Å². The van der Waals surface area contributed by atoms with E-state index in [1.807, 2.05) is 27.2 Å². The maximum absolute atomic E-state index is 12.9. The molecule has 0 aromatic carbocycles. The lowest BCUT2D eigenvalue weighted by Crippen LogP contribution is -2.45. The van der Waals surface area contributed by atoms with E-state index in [1.165, 1.54) is 25.7 Å². The Morgan fingerprint density at radius 2 is 0.859 bits per heavy atom. The number of unbranched alkanes of at least 4 members (excludes halogenated alkanes) is 10. The molecule has 9 heteroatoms. The van der Waals surface area contributed by atoms with Gasteiger partial charge in [-0.05, 0) is 109 Å². The molecule has 8 nitrogen and oxygen atoms in total. The second kappa shape index (κ2) is 51.0. The van der Waals surface area contributed by atoms with Crippen molar-refractivity contribution in [1.82, 2.24) is 5.32 Å². The average molecular weight is 1000 g/mol. The van der Waals surface area contributed by atoms with Crippen LogP contribution >= 0.6 is 7.82 Å². The third-order valence-electron chi connectivity index (χ3n) is 11.0. The number of phosphoric acid groups is 1. The first kappa shape index (κ1) is 67.1. The lowest BCUT2D eigenvalue weighted by atomic mass is 10.1. The van der Waals surface area contributed by atoms with E-state index in [0.29, 0.717) is 17.4 Å². The highest BCUT2D eigenvalue weighted by Gasteiger charge is 2.27. The first-order chi connectivity index (χ1) is 34.5. The van der Waals surface area contributed by atoms with Crippen LogP contribution in [0.3, 0.4) is 0 Å². The predicted molar refractivity (Wildman–Crippen MR) is 308 cm³/mol. The third-order valence-corrected chi connectivity index (χ3v) is 12.0. The van der Waals surface area contributed by atoms with Crippen LogP contribution in [0.15, 0.2) is 158 Å². The Kier molecular flexibility index (Phi) is 48.2. The van der Waals surface area contributed by atoms with E-state index in [9.17, 15) is 19.4 Å². The second-order valence-corrected chi connectivity index (χ2v) is 20.3. The molecule has 0 saturated heterocycles. The van der Waals surface area contributed by atoms with Gasteiger partial charge in [-0.25, -0.2) is 4.57 Å². The number of hydrogen-bond acceptors (Lipinski definition) is 5. The number of hydrogen-bond donors (Lipinski definition) is 3. The minimum absolute atomic E-state index is 0.0450. The zero-order chi connectivity index (χ0) is 52.0. The van der Waals surface area contributed by atoms with E-state index in [2.05, 4.69) is 165 Å². The van der Waals surface area contributed by atoms with Gasteiger partial charge < -0.3 is 19.8 Å². The molecule has 0 fully saturated rings. The summed E-state index contributed by atoms with van der Waals surface area (Å²) in [5.74, 6) is -0.210. The maximum atomic E-state index is 12.9. The standard InChI is InChI=1S/C62H101N2O6P/c1-6-8-10-12-14-16-17-18-19-20-21-22-23-24-25-26-27-28-29-30-31-32-33-34-35-36-37-38-39-40-41-42-43-44-45-46-47-48-50-52-54-56-62(66)63-60(59-70-71(67,68)69-58-57-64(3,4)5)61(65)55-53-51-49-15-13-11-9-7-2/h8,10,13-16,18-19,21-22,24-25,27-28,30-31,33-34,36-37,39-40,42-43,53,55,60-61,65H,6-7,9,11-12,17,20,23,26,29,32,35,38,41,44-52,54,56-59H2,1-5H3,(H-,63,66,67,68)/p+1/b10-8-,15-13+,16-14-,19-18-,22-21-,25-24-,28-27-,31-30-,34-33-,37-36-,40-39-,43-42-,55-53+. The summed E-state index contributed by atoms with van der Waals surface area (Å²) in [6, 6.07) is -0.878. The van der Waals surface area contributed by atoms with Gasteiger partial charge in [0.1, 0.15) is 13.2 Å². The van der Waals surface area contributed by atoms with Gasteiger partial charge in [-0.2, -0.15) is 0 Å². The smallest absolute Gasteiger partial charge is 0.387 e. The molecule has 0 saturated carbocycles. The number of nitrogens with zero attached hydrogens (tertiary/aromatic N) is 1. The molecule has 0 rings (SSSR count). The number of rotatable bonds is 47. The molecule has 0 aromatic rings. The molecule has 0 heterocycles. The van der Waals surface area contributed by atoms with Gasteiger partial charge in [0.25, 0.3) is 0 Å². The summed E-state index contributed by atoms with van der Waals surface area (Å²) in [5.41, 5.74) is 0. The van der Waals surface area contributed by atoms with E-state index in [-0.39, 0.29) is 19.1 Å². The molecule has 0 bridgehead atoms. The SMILES string of the molecule is CC/C=C\C/C=C\C/C=C\C/C=C\C/C=C\C/C=C\C/C=C\C/C=C\C/C=C\C/C=C\C/C=C\CCCCCCCCCC(=O)NC(COP(=O)(O)OCC[N+](C)(C)C)C(O)/C=C/CC/C=C/CCCC. The van der Waals surface area contributed by atoms with Crippen molar-refractivity contribution in [2.45, 2.75) is 187 Å². The van der Waals surface area contributed by atoms with Crippen molar-refractivity contribution in [3.05, 3.63) is 158 Å². The Morgan fingerprint density at radius 3 is 1.30 bits per heavy atom. The third kappa shape index (κ3) is 53.7. The number of nitrogens with one attached hydrogen (secondary N) is 1. The number of quaternary nitrogens is 1. The Balaban J connectivity index is 4.07. The van der Waals surface area contributed by atoms with Gasteiger partial charge in [0.15, 0.2) is 0 Å². The highest BCUT2D eigenvalue weighted by atomic mass is 31.2. The summed E-state index contributed by atoms with van der Waals surface area (Å²) in [4.78, 5) is 23.1. The first-order valence-corrected chi connectivity index (χ1v) is 28.9. The van der Waals surface area contributed by atoms with E-state index in [4.69, 9.17) is 9.05 Å². The highest BCUT2D eigenvalue weighted by Crippen LogP contribution is 2.43. The summed E-state index contributed by atoms with van der Waals surface area (Å²) >= 11 is 0. The minimum atomic E-state index is -4.36. The van der Waals surface area contributed by atoms with Crippen LogP contribution in [0, 0.1) is 0 Å². The summed E-state index contributed by atoms with van der Waals surface area (Å²) in [5, 5.41) is 13.7. The van der Waals surface area contributed by atoms with Gasteiger partial charge in [0.2, 0.25) is 5.91 Å². The Bertz CT molecular complexity index is 1700. The monoisotopic (exact) mass is 1000 g/mol. The van der Waals surface area contributed by atoms with Crippen molar-refractivity contribution in [3.8, 4) is 0 Å². The number of allylic oxidation sites excluding steroid dienone is 25. The molecular weight excluding hydrogens is 900 g/mol. The number of phosphoric ester groups is 1. The van der Waals surface area contributed by atoms with Crippen molar-refractivity contribution in [3.63, 3.8) is 0 Å². The molecule has 3 atom stereocenters. The molecule has 0 radical (unpaired) electrons. The summed E-state index contributed by atoms with van der Waals surface area (Å²) in [7, 11) is 1.52. The van der Waals surface area contributed by atoms with Crippen LogP contribution in [-0.2, 0) is 18.4 Å². The van der Waals surface area contributed by atoms with Crippen molar-refractivity contribution in [2.24, 2.45) is 0 Å². The molecule has 0 aliphatic heterocycles. The highest BCUT2D eigenvalue weighted by molar-refractivity contribution is 7.47. The van der Waals surface area contributed by atoms with E-state index in [1.54, 1.807) is 6.08 Å². The second-order valence-electron chi connectivity index (χ2n) is 18.9. The Hall–Kier alpha value is -3.88. The number of amides is 1. The van der Waals surface area contributed by atoms with Crippen LogP contribution in [-0.4, -0.2) is 73.4 Å². The Morgan fingerprint density at radius 1 is 0.493 bits per heavy atom. The summed E-state index contributed by atoms with van der Waals surface area (Å²) in [6.45, 7) is 4.55.